The molecule has 1 saturated heterocycles. The van der Waals surface area contributed by atoms with Crippen molar-refractivity contribution >= 4 is 5.91 Å². The highest BCUT2D eigenvalue weighted by Crippen LogP contribution is 2.05. The number of carbonyl (C=O) groups is 1. The number of carbonyl (C=O) groups excluding carboxylic acids is 1. The number of β-amino-alcohol motifs (C(OH)–C–C–N with tert-alkyl or cyclic N) is 1. The van der Waals surface area contributed by atoms with Crippen LogP contribution in [0.1, 0.15) is 12.8 Å². The SMILES string of the molecule is O=C(CCn1ccnc1)N1CCCN(CCO)CC1. The summed E-state index contributed by atoms with van der Waals surface area (Å²) in [6.45, 7) is 5.00. The van der Waals surface area contributed by atoms with Crippen molar-refractivity contribution in [1.82, 2.24) is 19.4 Å². The molecular formula is C13H22N4O2. The average Bonchev–Trinajstić information content (AvgIpc) is 2.82. The van der Waals surface area contributed by atoms with Gasteiger partial charge >= 0.3 is 0 Å². The highest BCUT2D eigenvalue weighted by atomic mass is 16.3. The van der Waals surface area contributed by atoms with E-state index in [1.54, 1.807) is 12.5 Å². The first-order valence-electron chi connectivity index (χ1n) is 6.86. The Morgan fingerprint density at radius 3 is 2.84 bits per heavy atom. The van der Waals surface area contributed by atoms with Crippen LogP contribution in [0.5, 0.6) is 0 Å². The van der Waals surface area contributed by atoms with Gasteiger partial charge in [0.2, 0.25) is 5.91 Å². The lowest BCUT2D eigenvalue weighted by atomic mass is 10.3. The number of aliphatic hydroxyl groups is 1. The minimum atomic E-state index is 0.189. The van der Waals surface area contributed by atoms with E-state index >= 15 is 0 Å². The summed E-state index contributed by atoms with van der Waals surface area (Å²) < 4.78 is 1.92. The second kappa shape index (κ2) is 7.25. The Morgan fingerprint density at radius 1 is 1.21 bits per heavy atom. The molecule has 2 heterocycles. The van der Waals surface area contributed by atoms with Gasteiger partial charge in [0.1, 0.15) is 0 Å². The van der Waals surface area contributed by atoms with Gasteiger partial charge in [0.05, 0.1) is 12.9 Å². The number of aryl methyl sites for hydroxylation is 1. The largest absolute Gasteiger partial charge is 0.395 e. The standard InChI is InChI=1S/C13H22N4O2/c18-11-10-15-4-1-5-17(9-8-15)13(19)2-6-16-7-3-14-12-16/h3,7,12,18H,1-2,4-6,8-11H2. The van der Waals surface area contributed by atoms with Crippen LogP contribution < -0.4 is 0 Å². The van der Waals surface area contributed by atoms with Crippen LogP contribution >= 0.6 is 0 Å². The zero-order chi connectivity index (χ0) is 13.5. The van der Waals surface area contributed by atoms with E-state index < -0.39 is 0 Å². The van der Waals surface area contributed by atoms with Crippen LogP contribution in [0, 0.1) is 0 Å². The monoisotopic (exact) mass is 266 g/mol. The maximum absolute atomic E-state index is 12.1. The lowest BCUT2D eigenvalue weighted by Crippen LogP contribution is -2.36. The molecule has 1 aliphatic rings. The van der Waals surface area contributed by atoms with E-state index in [0.717, 1.165) is 32.6 Å². The average molecular weight is 266 g/mol. The van der Waals surface area contributed by atoms with Gasteiger partial charge < -0.3 is 14.6 Å². The molecule has 1 N–H and O–H groups in total. The molecule has 0 spiro atoms. The molecule has 1 aromatic heterocycles. The van der Waals surface area contributed by atoms with E-state index in [9.17, 15) is 4.79 Å². The highest BCUT2D eigenvalue weighted by molar-refractivity contribution is 5.76. The van der Waals surface area contributed by atoms with E-state index in [1.165, 1.54) is 0 Å². The number of hydrogen-bond acceptors (Lipinski definition) is 4. The summed E-state index contributed by atoms with van der Waals surface area (Å²) in [7, 11) is 0. The number of aromatic nitrogens is 2. The summed E-state index contributed by atoms with van der Waals surface area (Å²) in [4.78, 5) is 20.3. The fourth-order valence-electron chi connectivity index (χ4n) is 2.39. The normalized spacial score (nSPS) is 17.4. The molecule has 0 atom stereocenters. The van der Waals surface area contributed by atoms with Crippen LogP contribution in [0.3, 0.4) is 0 Å². The lowest BCUT2D eigenvalue weighted by molar-refractivity contribution is -0.131. The molecule has 0 saturated carbocycles. The maximum Gasteiger partial charge on any atom is 0.224 e. The Morgan fingerprint density at radius 2 is 2.11 bits per heavy atom. The smallest absolute Gasteiger partial charge is 0.224 e. The number of aliphatic hydroxyl groups excluding tert-OH is 1. The van der Waals surface area contributed by atoms with Crippen LogP contribution in [-0.2, 0) is 11.3 Å². The Labute approximate surface area is 113 Å². The first kappa shape index (κ1) is 14.0. The van der Waals surface area contributed by atoms with E-state index in [-0.39, 0.29) is 12.5 Å². The molecule has 0 aliphatic carbocycles. The van der Waals surface area contributed by atoms with Crippen molar-refractivity contribution in [2.75, 3.05) is 39.3 Å². The Hall–Kier alpha value is -1.40. The van der Waals surface area contributed by atoms with Gasteiger partial charge in [-0.3, -0.25) is 9.69 Å². The van der Waals surface area contributed by atoms with Gasteiger partial charge in [0.25, 0.3) is 0 Å². The molecule has 6 heteroatoms. The summed E-state index contributed by atoms with van der Waals surface area (Å²) in [6.07, 6.45) is 6.84. The number of nitrogens with zero attached hydrogens (tertiary/aromatic N) is 4. The highest BCUT2D eigenvalue weighted by Gasteiger charge is 2.18. The molecule has 1 aromatic rings. The second-order valence-electron chi connectivity index (χ2n) is 4.85. The van der Waals surface area contributed by atoms with Gasteiger partial charge in [-0.15, -0.1) is 0 Å². The number of amides is 1. The molecule has 0 unspecified atom stereocenters. The second-order valence-corrected chi connectivity index (χ2v) is 4.85. The van der Waals surface area contributed by atoms with Crippen molar-refractivity contribution in [3.63, 3.8) is 0 Å². The third kappa shape index (κ3) is 4.33. The van der Waals surface area contributed by atoms with E-state index in [4.69, 9.17) is 5.11 Å². The van der Waals surface area contributed by atoms with Gasteiger partial charge in [0.15, 0.2) is 0 Å². The summed E-state index contributed by atoms with van der Waals surface area (Å²) in [5.41, 5.74) is 0. The van der Waals surface area contributed by atoms with Gasteiger partial charge in [-0.05, 0) is 13.0 Å². The van der Waals surface area contributed by atoms with Crippen molar-refractivity contribution in [1.29, 1.82) is 0 Å². The molecule has 0 bridgehead atoms. The summed E-state index contributed by atoms with van der Waals surface area (Å²) in [6, 6.07) is 0. The third-order valence-electron chi connectivity index (χ3n) is 3.50. The lowest BCUT2D eigenvalue weighted by Gasteiger charge is -2.21. The van der Waals surface area contributed by atoms with Crippen molar-refractivity contribution in [2.45, 2.75) is 19.4 Å². The van der Waals surface area contributed by atoms with Crippen LogP contribution in [0.15, 0.2) is 18.7 Å². The summed E-state index contributed by atoms with van der Waals surface area (Å²) >= 11 is 0. The summed E-state index contributed by atoms with van der Waals surface area (Å²) in [5, 5.41) is 8.94. The molecule has 0 aromatic carbocycles. The molecular weight excluding hydrogens is 244 g/mol. The van der Waals surface area contributed by atoms with Gasteiger partial charge in [-0.25, -0.2) is 4.98 Å². The topological polar surface area (TPSA) is 61.6 Å². The van der Waals surface area contributed by atoms with Crippen molar-refractivity contribution < 1.29 is 9.90 Å². The van der Waals surface area contributed by atoms with Crippen molar-refractivity contribution in [2.24, 2.45) is 0 Å². The fourth-order valence-corrected chi connectivity index (χ4v) is 2.39. The number of imidazole rings is 1. The predicted molar refractivity (Wildman–Crippen MR) is 71.6 cm³/mol. The van der Waals surface area contributed by atoms with Crippen LogP contribution in [0.25, 0.3) is 0 Å². The van der Waals surface area contributed by atoms with E-state index in [1.807, 2.05) is 15.7 Å². The summed E-state index contributed by atoms with van der Waals surface area (Å²) in [5.74, 6) is 0.208. The first-order chi connectivity index (χ1) is 9.29. The number of hydrogen-bond donors (Lipinski definition) is 1. The van der Waals surface area contributed by atoms with Crippen LogP contribution in [-0.4, -0.2) is 69.7 Å². The van der Waals surface area contributed by atoms with Crippen LogP contribution in [0.2, 0.25) is 0 Å². The Kier molecular flexibility index (Phi) is 5.35. The molecule has 1 amide bonds. The molecule has 2 rings (SSSR count). The van der Waals surface area contributed by atoms with Crippen molar-refractivity contribution in [3.05, 3.63) is 18.7 Å². The Bertz CT molecular complexity index is 380. The van der Waals surface area contributed by atoms with Crippen LogP contribution in [0.4, 0.5) is 0 Å². The molecule has 1 fully saturated rings. The van der Waals surface area contributed by atoms with E-state index in [2.05, 4.69) is 9.88 Å². The fraction of sp³-hybridized carbons (Fsp3) is 0.692. The zero-order valence-corrected chi connectivity index (χ0v) is 11.2. The molecule has 1 aliphatic heterocycles. The molecule has 106 valence electrons. The molecule has 0 radical (unpaired) electrons. The Balaban J connectivity index is 1.76. The van der Waals surface area contributed by atoms with Gasteiger partial charge in [-0.2, -0.15) is 0 Å². The first-order valence-corrected chi connectivity index (χ1v) is 6.86. The third-order valence-corrected chi connectivity index (χ3v) is 3.50. The minimum Gasteiger partial charge on any atom is -0.395 e. The minimum absolute atomic E-state index is 0.189. The van der Waals surface area contributed by atoms with Gasteiger partial charge in [0, 0.05) is 51.5 Å². The quantitative estimate of drug-likeness (QED) is 0.802. The predicted octanol–water partition coefficient (Wildman–Crippen LogP) is -0.200. The zero-order valence-electron chi connectivity index (χ0n) is 11.2. The number of rotatable bonds is 5. The maximum atomic E-state index is 12.1. The molecule has 19 heavy (non-hydrogen) atoms. The molecule has 6 nitrogen and oxygen atoms in total. The van der Waals surface area contributed by atoms with Gasteiger partial charge in [-0.1, -0.05) is 0 Å². The van der Waals surface area contributed by atoms with E-state index in [0.29, 0.717) is 19.5 Å². The van der Waals surface area contributed by atoms with Crippen molar-refractivity contribution in [3.8, 4) is 0 Å².